The van der Waals surface area contributed by atoms with Gasteiger partial charge in [-0.3, -0.25) is 9.69 Å². The third-order valence-corrected chi connectivity index (χ3v) is 4.02. The van der Waals surface area contributed by atoms with Crippen molar-refractivity contribution in [1.29, 1.82) is 0 Å². The number of nitrogens with zero attached hydrogens (tertiary/aromatic N) is 3. The summed E-state index contributed by atoms with van der Waals surface area (Å²) in [5, 5.41) is 18.7. The van der Waals surface area contributed by atoms with Crippen molar-refractivity contribution >= 4 is 45.7 Å². The first-order valence-electron chi connectivity index (χ1n) is 6.99. The van der Waals surface area contributed by atoms with E-state index in [2.05, 4.69) is 15.2 Å². The first-order valence-corrected chi connectivity index (χ1v) is 7.74. The number of rotatable bonds is 3. The molecule has 0 aliphatic carbocycles. The van der Waals surface area contributed by atoms with Gasteiger partial charge in [0.25, 0.3) is 5.91 Å². The van der Waals surface area contributed by atoms with Crippen LogP contribution in [0.5, 0.6) is 5.88 Å². The van der Waals surface area contributed by atoms with Crippen LogP contribution in [0.2, 0.25) is 10.0 Å². The smallest absolute Gasteiger partial charge is 0.278 e. The number of benzene rings is 1. The minimum atomic E-state index is -0.395. The number of fused-ring (bicyclic) bond motifs is 1. The van der Waals surface area contributed by atoms with Gasteiger partial charge in [-0.15, -0.1) is 10.2 Å². The van der Waals surface area contributed by atoms with E-state index in [0.717, 1.165) is 0 Å². The standard InChI is InChI=1S/C14H14Cl2N4O3/c15-8-5-9-12(10(16)6-8)17-14(22)13(9)19-18-11(21)7-20-1-3-23-4-2-20/h5-6,17,22H,1-4,7H2. The Bertz CT molecular complexity index is 769. The Labute approximate surface area is 141 Å². The summed E-state index contributed by atoms with van der Waals surface area (Å²) in [4.78, 5) is 16.5. The number of morpholine rings is 1. The highest BCUT2D eigenvalue weighted by Gasteiger charge is 2.16. The van der Waals surface area contributed by atoms with E-state index in [0.29, 0.717) is 47.3 Å². The molecule has 122 valence electrons. The molecule has 0 unspecified atom stereocenters. The van der Waals surface area contributed by atoms with E-state index in [1.54, 1.807) is 12.1 Å². The molecule has 9 heteroatoms. The van der Waals surface area contributed by atoms with Crippen LogP contribution >= 0.6 is 23.2 Å². The van der Waals surface area contributed by atoms with E-state index in [9.17, 15) is 9.90 Å². The van der Waals surface area contributed by atoms with Gasteiger partial charge in [-0.2, -0.15) is 0 Å². The molecule has 1 aromatic carbocycles. The number of ether oxygens (including phenoxy) is 1. The zero-order valence-corrected chi connectivity index (χ0v) is 13.6. The molecule has 1 saturated heterocycles. The van der Waals surface area contributed by atoms with Gasteiger partial charge in [0.05, 0.1) is 30.3 Å². The largest absolute Gasteiger partial charge is 0.493 e. The molecule has 3 rings (SSSR count). The number of hydrogen-bond donors (Lipinski definition) is 2. The maximum Gasteiger partial charge on any atom is 0.278 e. The number of nitrogens with one attached hydrogen (secondary N) is 1. The summed E-state index contributed by atoms with van der Waals surface area (Å²) in [6, 6.07) is 3.14. The van der Waals surface area contributed by atoms with E-state index in [4.69, 9.17) is 27.9 Å². The van der Waals surface area contributed by atoms with Gasteiger partial charge < -0.3 is 14.8 Å². The maximum atomic E-state index is 11.9. The van der Waals surface area contributed by atoms with Crippen LogP contribution in [0.4, 0.5) is 5.69 Å². The molecule has 0 radical (unpaired) electrons. The highest BCUT2D eigenvalue weighted by Crippen LogP contribution is 2.40. The van der Waals surface area contributed by atoms with Crippen LogP contribution in [0.25, 0.3) is 10.9 Å². The van der Waals surface area contributed by atoms with E-state index in [-0.39, 0.29) is 18.1 Å². The summed E-state index contributed by atoms with van der Waals surface area (Å²) in [5.74, 6) is -0.610. The van der Waals surface area contributed by atoms with Gasteiger partial charge in [-0.1, -0.05) is 23.2 Å². The van der Waals surface area contributed by atoms with Crippen molar-refractivity contribution in [2.24, 2.45) is 10.2 Å². The normalized spacial score (nSPS) is 16.4. The number of hydrogen-bond acceptors (Lipinski definition) is 5. The SMILES string of the molecule is O=C(CN1CCOCC1)N=Nc1c(O)[nH]c2c(Cl)cc(Cl)cc12. The molecule has 0 bridgehead atoms. The van der Waals surface area contributed by atoms with Crippen LogP contribution in [0, 0.1) is 0 Å². The van der Waals surface area contributed by atoms with Crippen LogP contribution in [0.1, 0.15) is 0 Å². The Morgan fingerprint density at radius 2 is 2.09 bits per heavy atom. The average Bonchev–Trinajstić information content (AvgIpc) is 2.82. The van der Waals surface area contributed by atoms with Crippen LogP contribution in [0.3, 0.4) is 0 Å². The Hall–Kier alpha value is -1.67. The molecule has 0 saturated carbocycles. The maximum absolute atomic E-state index is 11.9. The van der Waals surface area contributed by atoms with Gasteiger partial charge in [0.2, 0.25) is 5.88 Å². The number of halogens is 2. The third-order valence-electron chi connectivity index (χ3n) is 3.50. The second-order valence-electron chi connectivity index (χ2n) is 5.11. The summed E-state index contributed by atoms with van der Waals surface area (Å²) in [7, 11) is 0. The van der Waals surface area contributed by atoms with E-state index >= 15 is 0 Å². The summed E-state index contributed by atoms with van der Waals surface area (Å²) >= 11 is 12.0. The molecular formula is C14H14Cl2N4O3. The van der Waals surface area contributed by atoms with Gasteiger partial charge in [0.1, 0.15) is 0 Å². The lowest BCUT2D eigenvalue weighted by Crippen LogP contribution is -2.39. The van der Waals surface area contributed by atoms with Crippen molar-refractivity contribution < 1.29 is 14.6 Å². The summed E-state index contributed by atoms with van der Waals surface area (Å²) < 4.78 is 5.22. The summed E-state index contributed by atoms with van der Waals surface area (Å²) in [6.45, 7) is 2.74. The van der Waals surface area contributed by atoms with Gasteiger partial charge in [-0.25, -0.2) is 0 Å². The first kappa shape index (κ1) is 16.2. The van der Waals surface area contributed by atoms with Crippen molar-refractivity contribution in [3.05, 3.63) is 22.2 Å². The lowest BCUT2D eigenvalue weighted by atomic mass is 10.2. The van der Waals surface area contributed by atoms with Gasteiger partial charge >= 0.3 is 0 Å². The Morgan fingerprint density at radius 1 is 1.35 bits per heavy atom. The Balaban J connectivity index is 1.80. The molecule has 2 N–H and O–H groups in total. The fourth-order valence-electron chi connectivity index (χ4n) is 2.38. The molecule has 23 heavy (non-hydrogen) atoms. The number of H-pyrrole nitrogens is 1. The molecule has 1 amide bonds. The third kappa shape index (κ3) is 3.64. The molecule has 2 aromatic rings. The molecule has 1 aromatic heterocycles. The fraction of sp³-hybridized carbons (Fsp3) is 0.357. The lowest BCUT2D eigenvalue weighted by Gasteiger charge is -2.24. The van der Waals surface area contributed by atoms with E-state index in [1.807, 2.05) is 4.90 Å². The number of aromatic amines is 1. The number of carbonyl (C=O) groups excluding carboxylic acids is 1. The number of azo groups is 1. The topological polar surface area (TPSA) is 90.3 Å². The van der Waals surface area contributed by atoms with Crippen molar-refractivity contribution in [3.8, 4) is 5.88 Å². The van der Waals surface area contributed by atoms with Crippen molar-refractivity contribution in [1.82, 2.24) is 9.88 Å². The highest BCUT2D eigenvalue weighted by molar-refractivity contribution is 6.38. The summed E-state index contributed by atoms with van der Waals surface area (Å²) in [5.41, 5.74) is 0.628. The molecule has 1 aliphatic rings. The second kappa shape index (κ2) is 6.84. The molecule has 2 heterocycles. The van der Waals surface area contributed by atoms with Crippen molar-refractivity contribution in [2.45, 2.75) is 0 Å². The average molecular weight is 357 g/mol. The van der Waals surface area contributed by atoms with Crippen LogP contribution in [0.15, 0.2) is 22.4 Å². The first-order chi connectivity index (χ1) is 11.0. The minimum absolute atomic E-state index is 0.139. The van der Waals surface area contributed by atoms with E-state index < -0.39 is 5.91 Å². The lowest BCUT2D eigenvalue weighted by molar-refractivity contribution is -0.120. The highest BCUT2D eigenvalue weighted by atomic mass is 35.5. The Kier molecular flexibility index (Phi) is 4.82. The molecule has 7 nitrogen and oxygen atoms in total. The fourth-order valence-corrected chi connectivity index (χ4v) is 2.92. The monoisotopic (exact) mass is 356 g/mol. The molecule has 1 aliphatic heterocycles. The quantitative estimate of drug-likeness (QED) is 0.826. The number of aromatic hydroxyl groups is 1. The van der Waals surface area contributed by atoms with Gasteiger partial charge in [-0.05, 0) is 12.1 Å². The van der Waals surface area contributed by atoms with Gasteiger partial charge in [0.15, 0.2) is 5.69 Å². The van der Waals surface area contributed by atoms with Crippen LogP contribution < -0.4 is 0 Å². The molecule has 0 spiro atoms. The molecule has 0 atom stereocenters. The minimum Gasteiger partial charge on any atom is -0.493 e. The number of amides is 1. The van der Waals surface area contributed by atoms with Crippen molar-refractivity contribution in [3.63, 3.8) is 0 Å². The zero-order chi connectivity index (χ0) is 16.4. The number of aromatic nitrogens is 1. The predicted octanol–water partition coefficient (Wildman–Crippen LogP) is 3.12. The zero-order valence-electron chi connectivity index (χ0n) is 12.1. The predicted molar refractivity (Wildman–Crippen MR) is 86.8 cm³/mol. The summed E-state index contributed by atoms with van der Waals surface area (Å²) in [6.07, 6.45) is 0. The van der Waals surface area contributed by atoms with Crippen molar-refractivity contribution in [2.75, 3.05) is 32.8 Å². The van der Waals surface area contributed by atoms with Gasteiger partial charge in [0, 0.05) is 23.5 Å². The second-order valence-corrected chi connectivity index (χ2v) is 5.96. The molecule has 1 fully saturated rings. The van der Waals surface area contributed by atoms with E-state index in [1.165, 1.54) is 0 Å². The van der Waals surface area contributed by atoms with Crippen LogP contribution in [-0.2, 0) is 9.53 Å². The number of carbonyl (C=O) groups is 1. The Morgan fingerprint density at radius 3 is 2.83 bits per heavy atom. The van der Waals surface area contributed by atoms with Crippen LogP contribution in [-0.4, -0.2) is 53.7 Å². The molecular weight excluding hydrogens is 343 g/mol.